The van der Waals surface area contributed by atoms with Crippen LogP contribution >= 0.6 is 0 Å². The second-order valence-electron chi connectivity index (χ2n) is 6.90. The van der Waals surface area contributed by atoms with Gasteiger partial charge in [-0.2, -0.15) is 10.2 Å². The molecule has 0 spiro atoms. The molecule has 0 aliphatic rings. The number of benzene rings is 2. The molecule has 2 rings (SSSR count). The van der Waals surface area contributed by atoms with Crippen LogP contribution in [0.25, 0.3) is 0 Å². The van der Waals surface area contributed by atoms with Crippen molar-refractivity contribution in [2.45, 2.75) is 13.3 Å². The number of likely N-dealkylation sites (N-methyl/N-ethyl adjacent to an activating group) is 1. The molecular weight excluding hydrogens is 314 g/mol. The Bertz CT molecular complexity index is 659. The van der Waals surface area contributed by atoms with Gasteiger partial charge in [0, 0.05) is 0 Å². The number of hydrogen-bond donors (Lipinski definition) is 0. The van der Waals surface area contributed by atoms with Crippen LogP contribution in [-0.4, -0.2) is 45.4 Å². The Labute approximate surface area is 150 Å². The van der Waals surface area contributed by atoms with E-state index in [1.165, 1.54) is 0 Å². The standard InChI is InChI=1S/C20H28N3O2/c1-5-15-24-19-10-6-17(7-11-19)21-22-18-8-12-20(13-9-18)25-16-14-23(2,3)4/h6-13H,5,14-16H2,1-4H3/q+1. The molecular formula is C20H28N3O2+. The second-order valence-corrected chi connectivity index (χ2v) is 6.90. The molecule has 0 aliphatic heterocycles. The summed E-state index contributed by atoms with van der Waals surface area (Å²) < 4.78 is 12.2. The lowest BCUT2D eigenvalue weighted by Gasteiger charge is -2.23. The van der Waals surface area contributed by atoms with Gasteiger partial charge in [-0.05, 0) is 55.0 Å². The summed E-state index contributed by atoms with van der Waals surface area (Å²) in [7, 11) is 6.44. The van der Waals surface area contributed by atoms with E-state index in [0.29, 0.717) is 6.61 Å². The minimum Gasteiger partial charge on any atom is -0.494 e. The predicted molar refractivity (Wildman–Crippen MR) is 101 cm³/mol. The molecule has 0 aliphatic carbocycles. The van der Waals surface area contributed by atoms with Gasteiger partial charge in [-0.3, -0.25) is 0 Å². The Morgan fingerprint density at radius 3 is 1.56 bits per heavy atom. The van der Waals surface area contributed by atoms with Gasteiger partial charge in [-0.25, -0.2) is 0 Å². The molecule has 25 heavy (non-hydrogen) atoms. The van der Waals surface area contributed by atoms with Crippen molar-refractivity contribution in [3.63, 3.8) is 0 Å². The molecule has 2 aromatic rings. The Morgan fingerprint density at radius 2 is 1.16 bits per heavy atom. The Kier molecular flexibility index (Phi) is 6.95. The fourth-order valence-electron chi connectivity index (χ4n) is 1.99. The molecule has 0 N–H and O–H groups in total. The molecule has 0 radical (unpaired) electrons. The smallest absolute Gasteiger partial charge is 0.137 e. The number of quaternary nitrogens is 1. The van der Waals surface area contributed by atoms with Crippen molar-refractivity contribution < 1.29 is 14.0 Å². The highest BCUT2D eigenvalue weighted by Crippen LogP contribution is 2.23. The quantitative estimate of drug-likeness (QED) is 0.477. The predicted octanol–water partition coefficient (Wildman–Crippen LogP) is 4.98. The molecule has 0 fully saturated rings. The fraction of sp³-hybridized carbons (Fsp3) is 0.400. The summed E-state index contributed by atoms with van der Waals surface area (Å²) in [6, 6.07) is 15.3. The van der Waals surface area contributed by atoms with Gasteiger partial charge in [-0.1, -0.05) is 6.92 Å². The lowest BCUT2D eigenvalue weighted by Crippen LogP contribution is -2.38. The molecule has 0 saturated carbocycles. The SMILES string of the molecule is CCCOc1ccc(N=Nc2ccc(OCC[N+](C)(C)C)cc2)cc1. The number of hydrogen-bond acceptors (Lipinski definition) is 4. The zero-order chi connectivity index (χ0) is 18.1. The number of ether oxygens (including phenoxy) is 2. The molecule has 0 aromatic heterocycles. The summed E-state index contributed by atoms with van der Waals surface area (Å²) >= 11 is 0. The first-order valence-corrected chi connectivity index (χ1v) is 8.64. The summed E-state index contributed by atoms with van der Waals surface area (Å²) in [5, 5.41) is 8.50. The zero-order valence-electron chi connectivity index (χ0n) is 15.6. The minimum atomic E-state index is 0.691. The highest BCUT2D eigenvalue weighted by molar-refractivity contribution is 5.44. The summed E-state index contributed by atoms with van der Waals surface area (Å²) in [5.41, 5.74) is 1.59. The molecule has 0 amide bonds. The van der Waals surface area contributed by atoms with Crippen LogP contribution in [0.4, 0.5) is 11.4 Å². The fourth-order valence-corrected chi connectivity index (χ4v) is 1.99. The maximum Gasteiger partial charge on any atom is 0.137 e. The molecule has 0 unspecified atom stereocenters. The zero-order valence-corrected chi connectivity index (χ0v) is 15.6. The number of nitrogens with zero attached hydrogens (tertiary/aromatic N) is 3. The van der Waals surface area contributed by atoms with E-state index in [4.69, 9.17) is 9.47 Å². The third kappa shape index (κ3) is 7.35. The van der Waals surface area contributed by atoms with E-state index in [1.54, 1.807) is 0 Å². The average molecular weight is 342 g/mol. The molecule has 0 heterocycles. The van der Waals surface area contributed by atoms with Crippen molar-refractivity contribution in [1.29, 1.82) is 0 Å². The van der Waals surface area contributed by atoms with Crippen molar-refractivity contribution in [3.05, 3.63) is 48.5 Å². The average Bonchev–Trinajstić information content (AvgIpc) is 2.59. The molecule has 5 nitrogen and oxygen atoms in total. The van der Waals surface area contributed by atoms with Crippen molar-refractivity contribution in [2.75, 3.05) is 40.9 Å². The van der Waals surface area contributed by atoms with Gasteiger partial charge in [0.15, 0.2) is 0 Å². The molecule has 0 atom stereocenters. The molecule has 2 aromatic carbocycles. The lowest BCUT2D eigenvalue weighted by molar-refractivity contribution is -0.870. The van der Waals surface area contributed by atoms with Crippen molar-refractivity contribution >= 4 is 11.4 Å². The minimum absolute atomic E-state index is 0.691. The van der Waals surface area contributed by atoms with Crippen LogP contribution < -0.4 is 9.47 Å². The van der Waals surface area contributed by atoms with Crippen molar-refractivity contribution in [1.82, 2.24) is 0 Å². The van der Waals surface area contributed by atoms with E-state index in [-0.39, 0.29) is 0 Å². The van der Waals surface area contributed by atoms with Gasteiger partial charge in [-0.15, -0.1) is 0 Å². The monoisotopic (exact) mass is 342 g/mol. The van der Waals surface area contributed by atoms with E-state index in [1.807, 2.05) is 48.5 Å². The van der Waals surface area contributed by atoms with Gasteiger partial charge in [0.25, 0.3) is 0 Å². The summed E-state index contributed by atoms with van der Waals surface area (Å²) in [5.74, 6) is 1.71. The third-order valence-corrected chi connectivity index (χ3v) is 3.46. The lowest BCUT2D eigenvalue weighted by atomic mass is 10.3. The first kappa shape index (κ1) is 18.9. The molecule has 134 valence electrons. The topological polar surface area (TPSA) is 43.2 Å². The van der Waals surface area contributed by atoms with Crippen LogP contribution in [-0.2, 0) is 0 Å². The van der Waals surface area contributed by atoms with E-state index < -0.39 is 0 Å². The number of azo groups is 1. The van der Waals surface area contributed by atoms with Gasteiger partial charge < -0.3 is 14.0 Å². The first-order chi connectivity index (χ1) is 12.0. The Hall–Kier alpha value is -2.40. The molecule has 5 heteroatoms. The summed E-state index contributed by atoms with van der Waals surface area (Å²) in [6.07, 6.45) is 0.997. The molecule has 0 saturated heterocycles. The van der Waals surface area contributed by atoms with Gasteiger partial charge in [0.2, 0.25) is 0 Å². The van der Waals surface area contributed by atoms with Crippen molar-refractivity contribution in [2.24, 2.45) is 10.2 Å². The highest BCUT2D eigenvalue weighted by atomic mass is 16.5. The van der Waals surface area contributed by atoms with E-state index in [9.17, 15) is 0 Å². The highest BCUT2D eigenvalue weighted by Gasteiger charge is 2.06. The summed E-state index contributed by atoms with van der Waals surface area (Å²) in [6.45, 7) is 4.46. The molecule has 0 bridgehead atoms. The maximum atomic E-state index is 5.74. The van der Waals surface area contributed by atoms with Crippen LogP contribution in [0.2, 0.25) is 0 Å². The largest absolute Gasteiger partial charge is 0.494 e. The number of rotatable bonds is 9. The second kappa shape index (κ2) is 9.18. The van der Waals surface area contributed by atoms with Gasteiger partial charge in [0.05, 0.1) is 39.1 Å². The van der Waals surface area contributed by atoms with E-state index in [2.05, 4.69) is 38.3 Å². The maximum absolute atomic E-state index is 5.74. The Balaban J connectivity index is 1.86. The van der Waals surface area contributed by atoms with Crippen LogP contribution in [0.5, 0.6) is 11.5 Å². The van der Waals surface area contributed by atoms with E-state index >= 15 is 0 Å². The Morgan fingerprint density at radius 1 is 0.720 bits per heavy atom. The third-order valence-electron chi connectivity index (χ3n) is 3.46. The van der Waals surface area contributed by atoms with Crippen molar-refractivity contribution in [3.8, 4) is 11.5 Å². The van der Waals surface area contributed by atoms with Crippen LogP contribution in [0, 0.1) is 0 Å². The van der Waals surface area contributed by atoms with Gasteiger partial charge in [0.1, 0.15) is 24.7 Å². The van der Waals surface area contributed by atoms with Gasteiger partial charge >= 0.3 is 0 Å². The summed E-state index contributed by atoms with van der Waals surface area (Å²) in [4.78, 5) is 0. The normalized spacial score (nSPS) is 11.7. The first-order valence-electron chi connectivity index (χ1n) is 8.64. The van der Waals surface area contributed by atoms with E-state index in [0.717, 1.165) is 46.9 Å². The van der Waals surface area contributed by atoms with Crippen LogP contribution in [0.15, 0.2) is 58.8 Å². The van der Waals surface area contributed by atoms with Crippen LogP contribution in [0.1, 0.15) is 13.3 Å². The van der Waals surface area contributed by atoms with Crippen LogP contribution in [0.3, 0.4) is 0 Å².